The molecule has 124 valence electrons. The largest absolute Gasteiger partial charge is 0.387 e. The topological polar surface area (TPSA) is 154 Å². The highest BCUT2D eigenvalue weighted by Gasteiger charge is 2.44. The van der Waals surface area contributed by atoms with Crippen LogP contribution < -0.4 is 11.2 Å². The molecule has 0 bridgehead atoms. The Morgan fingerprint density at radius 2 is 2.05 bits per heavy atom. The van der Waals surface area contributed by atoms with Crippen LogP contribution >= 0.6 is 6.72 Å². The van der Waals surface area contributed by atoms with Gasteiger partial charge in [0.05, 0.1) is 6.61 Å². The monoisotopic (exact) mass is 354 g/mol. The molecule has 4 atom stereocenters. The standard InChI is InChI=1S/C10H15N2O8PS/c1-4-2-12(10(16)11-8(4)15)9-7(14)6(13)5(20-9)3-19-21(17,18)22/h2,5-7,9,13-14H,3H2,1H3,(H,11,15,16)(H2,17,18,22)/t5-,6-,7-,9-/m1/s1. The number of aromatic nitrogens is 2. The van der Waals surface area contributed by atoms with Crippen LogP contribution in [0.4, 0.5) is 0 Å². The number of hydrogen-bond acceptors (Lipinski definition) is 7. The number of nitrogens with zero attached hydrogens (tertiary/aromatic N) is 1. The smallest absolute Gasteiger partial charge is 0.330 e. The highest BCUT2D eigenvalue weighted by Crippen LogP contribution is 2.38. The van der Waals surface area contributed by atoms with Gasteiger partial charge in [-0.3, -0.25) is 14.3 Å². The summed E-state index contributed by atoms with van der Waals surface area (Å²) in [5.74, 6) is 0. The van der Waals surface area contributed by atoms with Gasteiger partial charge in [0, 0.05) is 11.8 Å². The first-order valence-electron chi connectivity index (χ1n) is 6.14. The fourth-order valence-electron chi connectivity index (χ4n) is 2.04. The van der Waals surface area contributed by atoms with Crippen molar-refractivity contribution in [1.29, 1.82) is 0 Å². The first kappa shape index (κ1) is 17.4. The molecular weight excluding hydrogens is 339 g/mol. The van der Waals surface area contributed by atoms with Crippen LogP contribution in [-0.2, 0) is 21.1 Å². The fourth-order valence-corrected chi connectivity index (χ4v) is 2.57. The highest BCUT2D eigenvalue weighted by atomic mass is 32.5. The molecule has 1 aliphatic rings. The van der Waals surface area contributed by atoms with Crippen LogP contribution in [0.2, 0.25) is 0 Å². The van der Waals surface area contributed by atoms with Gasteiger partial charge in [-0.15, -0.1) is 0 Å². The minimum Gasteiger partial charge on any atom is -0.387 e. The summed E-state index contributed by atoms with van der Waals surface area (Å²) in [6, 6.07) is 0. The second-order valence-corrected chi connectivity index (χ2v) is 7.48. The van der Waals surface area contributed by atoms with Crippen molar-refractivity contribution in [3.05, 3.63) is 32.6 Å². The summed E-state index contributed by atoms with van der Waals surface area (Å²) in [6.07, 6.45) is -4.12. The van der Waals surface area contributed by atoms with Crippen molar-refractivity contribution in [2.24, 2.45) is 0 Å². The summed E-state index contributed by atoms with van der Waals surface area (Å²) in [5, 5.41) is 19.8. The lowest BCUT2D eigenvalue weighted by Crippen LogP contribution is -2.38. The van der Waals surface area contributed by atoms with Crippen molar-refractivity contribution in [3.63, 3.8) is 0 Å². The number of aromatic amines is 1. The van der Waals surface area contributed by atoms with E-state index < -0.39 is 49.1 Å². The van der Waals surface area contributed by atoms with Crippen molar-refractivity contribution in [1.82, 2.24) is 9.55 Å². The zero-order valence-corrected chi connectivity index (χ0v) is 13.0. The first-order valence-corrected chi connectivity index (χ1v) is 8.76. The summed E-state index contributed by atoms with van der Waals surface area (Å²) in [5.41, 5.74) is -1.18. The van der Waals surface area contributed by atoms with Crippen LogP contribution in [0.5, 0.6) is 0 Å². The van der Waals surface area contributed by atoms with Crippen molar-refractivity contribution in [3.8, 4) is 0 Å². The lowest BCUT2D eigenvalue weighted by molar-refractivity contribution is -0.0528. The molecule has 22 heavy (non-hydrogen) atoms. The molecular formula is C10H15N2O8PS. The predicted octanol–water partition coefficient (Wildman–Crippen LogP) is -2.31. The molecule has 10 nitrogen and oxygen atoms in total. The third-order valence-corrected chi connectivity index (χ3v) is 3.97. The van der Waals surface area contributed by atoms with Gasteiger partial charge in [0.2, 0.25) is 0 Å². The summed E-state index contributed by atoms with van der Waals surface area (Å²) in [4.78, 5) is 43.1. The maximum absolute atomic E-state index is 11.8. The number of H-pyrrole nitrogens is 1. The van der Waals surface area contributed by atoms with Crippen molar-refractivity contribution < 1.29 is 29.3 Å². The van der Waals surface area contributed by atoms with Gasteiger partial charge >= 0.3 is 12.4 Å². The van der Waals surface area contributed by atoms with Crippen LogP contribution in [0, 0.1) is 6.92 Å². The van der Waals surface area contributed by atoms with Gasteiger partial charge in [0.25, 0.3) is 5.56 Å². The Balaban J connectivity index is 2.23. The van der Waals surface area contributed by atoms with Gasteiger partial charge in [0.15, 0.2) is 6.23 Å². The number of aliphatic hydroxyl groups is 2. The summed E-state index contributed by atoms with van der Waals surface area (Å²) >= 11 is 4.27. The van der Waals surface area contributed by atoms with Gasteiger partial charge in [-0.25, -0.2) is 4.79 Å². The van der Waals surface area contributed by atoms with Gasteiger partial charge in [0.1, 0.15) is 18.3 Å². The Hall–Kier alpha value is -0.910. The molecule has 1 aliphatic heterocycles. The molecule has 12 heteroatoms. The van der Waals surface area contributed by atoms with Crippen molar-refractivity contribution in [2.45, 2.75) is 31.5 Å². The van der Waals surface area contributed by atoms with Crippen molar-refractivity contribution >= 4 is 18.5 Å². The van der Waals surface area contributed by atoms with E-state index in [0.29, 0.717) is 0 Å². The number of ether oxygens (including phenoxy) is 1. The molecule has 1 fully saturated rings. The van der Waals surface area contributed by atoms with Crippen molar-refractivity contribution in [2.75, 3.05) is 6.61 Å². The molecule has 0 amide bonds. The lowest BCUT2D eigenvalue weighted by atomic mass is 10.1. The van der Waals surface area contributed by atoms with Gasteiger partial charge in [-0.05, 0) is 18.7 Å². The van der Waals surface area contributed by atoms with Gasteiger partial charge < -0.3 is 29.3 Å². The van der Waals surface area contributed by atoms with Crippen LogP contribution in [0.1, 0.15) is 11.8 Å². The van der Waals surface area contributed by atoms with E-state index in [0.717, 1.165) is 4.57 Å². The van der Waals surface area contributed by atoms with E-state index in [4.69, 9.17) is 14.5 Å². The van der Waals surface area contributed by atoms with E-state index in [1.54, 1.807) is 0 Å². The lowest BCUT2D eigenvalue weighted by Gasteiger charge is -2.17. The maximum atomic E-state index is 11.8. The second kappa shape index (κ2) is 6.30. The molecule has 1 saturated heterocycles. The highest BCUT2D eigenvalue weighted by molar-refractivity contribution is 8.06. The summed E-state index contributed by atoms with van der Waals surface area (Å²) in [7, 11) is 0. The van der Waals surface area contributed by atoms with Crippen LogP contribution in [0.3, 0.4) is 0 Å². The zero-order valence-electron chi connectivity index (χ0n) is 11.3. The van der Waals surface area contributed by atoms with Crippen LogP contribution in [-0.4, -0.2) is 54.5 Å². The van der Waals surface area contributed by atoms with E-state index in [-0.39, 0.29) is 5.56 Å². The Morgan fingerprint density at radius 1 is 1.41 bits per heavy atom. The Labute approximate surface area is 128 Å². The minimum absolute atomic E-state index is 0.214. The molecule has 2 heterocycles. The average molecular weight is 354 g/mol. The van der Waals surface area contributed by atoms with Gasteiger partial charge in [-0.1, -0.05) is 0 Å². The number of aliphatic hydroxyl groups excluding tert-OH is 2. The Morgan fingerprint density at radius 3 is 2.64 bits per heavy atom. The number of aryl methyl sites for hydroxylation is 1. The summed E-state index contributed by atoms with van der Waals surface area (Å²) < 4.78 is 10.8. The number of hydrogen-bond donors (Lipinski definition) is 5. The second-order valence-electron chi connectivity index (χ2n) is 4.81. The zero-order chi connectivity index (χ0) is 16.7. The SMILES string of the molecule is Cc1cn([C@@H]2O[C@H](COP(O)(O)=S)[C@@H](O)[C@H]2O)c(=O)[nH]c1=O. The molecule has 1 aromatic rings. The molecule has 2 rings (SSSR count). The maximum Gasteiger partial charge on any atom is 0.330 e. The third kappa shape index (κ3) is 3.70. The summed E-state index contributed by atoms with van der Waals surface area (Å²) in [6.45, 7) is -2.95. The third-order valence-electron chi connectivity index (χ3n) is 3.16. The molecule has 0 saturated carbocycles. The van der Waals surface area contributed by atoms with Crippen LogP contribution in [0.15, 0.2) is 15.8 Å². The molecule has 0 radical (unpaired) electrons. The average Bonchev–Trinajstić information content (AvgIpc) is 2.68. The Bertz CT molecular complexity index is 712. The van der Waals surface area contributed by atoms with E-state index in [2.05, 4.69) is 16.3 Å². The van der Waals surface area contributed by atoms with E-state index in [1.807, 2.05) is 4.98 Å². The Kier molecular flexibility index (Phi) is 5.00. The molecule has 0 spiro atoms. The fraction of sp³-hybridized carbons (Fsp3) is 0.600. The molecule has 0 aromatic carbocycles. The normalized spacial score (nSPS) is 29.0. The van der Waals surface area contributed by atoms with E-state index >= 15 is 0 Å². The molecule has 0 aliphatic carbocycles. The van der Waals surface area contributed by atoms with E-state index in [9.17, 15) is 19.8 Å². The quantitative estimate of drug-likeness (QED) is 0.375. The molecule has 1 aromatic heterocycles. The number of rotatable bonds is 4. The van der Waals surface area contributed by atoms with E-state index in [1.165, 1.54) is 13.1 Å². The molecule has 0 unspecified atom stereocenters. The number of nitrogens with one attached hydrogen (secondary N) is 1. The predicted molar refractivity (Wildman–Crippen MR) is 76.7 cm³/mol. The molecule has 5 N–H and O–H groups in total. The van der Waals surface area contributed by atoms with Crippen LogP contribution in [0.25, 0.3) is 0 Å². The minimum atomic E-state index is -3.94. The van der Waals surface area contributed by atoms with Gasteiger partial charge in [-0.2, -0.15) is 0 Å². The first-order chi connectivity index (χ1) is 10.1.